The van der Waals surface area contributed by atoms with E-state index in [0.717, 1.165) is 29.3 Å². The molecule has 3 aromatic carbocycles. The smallest absolute Gasteiger partial charge is 0.265 e. The van der Waals surface area contributed by atoms with E-state index < -0.39 is 49.4 Å². The van der Waals surface area contributed by atoms with Gasteiger partial charge in [0.2, 0.25) is 0 Å². The molecular formula is C22H23F4N3O2S. The molecule has 1 heterocycles. The van der Waals surface area contributed by atoms with Crippen molar-refractivity contribution in [2.24, 2.45) is 0 Å². The summed E-state index contributed by atoms with van der Waals surface area (Å²) in [5, 5.41) is 7.57. The second-order valence-corrected chi connectivity index (χ2v) is 8.20. The molecule has 0 amide bonds. The lowest BCUT2D eigenvalue weighted by atomic mass is 10.0. The van der Waals surface area contributed by atoms with E-state index in [1.165, 1.54) is 12.1 Å². The van der Waals surface area contributed by atoms with E-state index >= 15 is 4.39 Å². The quantitative estimate of drug-likeness (QED) is 0.339. The Bertz CT molecular complexity index is 1410. The van der Waals surface area contributed by atoms with Crippen molar-refractivity contribution in [2.75, 3.05) is 4.72 Å². The molecule has 0 saturated heterocycles. The Hall–Kier alpha value is -3.40. The highest BCUT2D eigenvalue weighted by molar-refractivity contribution is 7.92. The van der Waals surface area contributed by atoms with Crippen molar-refractivity contribution in [3.8, 4) is 11.1 Å². The molecule has 5 nitrogen and oxygen atoms in total. The fourth-order valence-corrected chi connectivity index (χ4v) is 4.23. The molecule has 10 heteroatoms. The summed E-state index contributed by atoms with van der Waals surface area (Å²) < 4.78 is 83.5. The number of aromatic amines is 1. The number of H-pyrrole nitrogens is 1. The first-order valence-electron chi connectivity index (χ1n) is 9.58. The lowest BCUT2D eigenvalue weighted by Gasteiger charge is -2.13. The maximum atomic E-state index is 15.1. The molecule has 0 unspecified atom stereocenters. The number of nitrogens with one attached hydrogen (secondary N) is 2. The van der Waals surface area contributed by atoms with Crippen LogP contribution >= 0.6 is 0 Å². The van der Waals surface area contributed by atoms with E-state index in [1.54, 1.807) is 13.0 Å². The van der Waals surface area contributed by atoms with Gasteiger partial charge in [-0.25, -0.2) is 26.0 Å². The fourth-order valence-electron chi connectivity index (χ4n) is 3.08. The lowest BCUT2D eigenvalue weighted by Crippen LogP contribution is -2.16. The van der Waals surface area contributed by atoms with Gasteiger partial charge in [-0.1, -0.05) is 26.0 Å². The fraction of sp³-hybridized carbons (Fsp3) is 0.136. The first-order chi connectivity index (χ1) is 15.2. The van der Waals surface area contributed by atoms with Crippen LogP contribution in [0.4, 0.5) is 23.2 Å². The summed E-state index contributed by atoms with van der Waals surface area (Å²) in [6.07, 6.45) is 0. The number of hydrogen-bond donors (Lipinski definition) is 2. The Morgan fingerprint density at radius 3 is 2.34 bits per heavy atom. The minimum atomic E-state index is -4.68. The first-order valence-corrected chi connectivity index (χ1v) is 11.1. The van der Waals surface area contributed by atoms with Crippen LogP contribution in [0.5, 0.6) is 0 Å². The molecule has 0 spiro atoms. The SMILES string of the molecule is CC.Cc1[nH]nc2cc(-c3c(F)ccc(NS(=O)(=O)c4cc(F)ccc4F)c3F)ccc12.[HH].[HH]. The number of nitrogens with zero attached hydrogens (tertiary/aromatic N) is 1. The number of fused-ring (bicyclic) bond motifs is 1. The van der Waals surface area contributed by atoms with Crippen molar-refractivity contribution in [2.45, 2.75) is 25.7 Å². The van der Waals surface area contributed by atoms with Gasteiger partial charge in [-0.3, -0.25) is 9.82 Å². The van der Waals surface area contributed by atoms with E-state index in [-0.39, 0.29) is 8.42 Å². The van der Waals surface area contributed by atoms with Crippen LogP contribution < -0.4 is 4.72 Å². The number of halogens is 4. The Kier molecular flexibility index (Phi) is 6.54. The minimum absolute atomic E-state index is 0. The lowest BCUT2D eigenvalue weighted by molar-refractivity contribution is 0.554. The predicted octanol–water partition coefficient (Wildman–Crippen LogP) is 6.41. The topological polar surface area (TPSA) is 74.8 Å². The van der Waals surface area contributed by atoms with Gasteiger partial charge >= 0.3 is 0 Å². The summed E-state index contributed by atoms with van der Waals surface area (Å²) >= 11 is 0. The predicted molar refractivity (Wildman–Crippen MR) is 119 cm³/mol. The van der Waals surface area contributed by atoms with Gasteiger partial charge in [0.25, 0.3) is 10.0 Å². The van der Waals surface area contributed by atoms with Crippen molar-refractivity contribution in [3.63, 3.8) is 0 Å². The molecule has 0 aliphatic heterocycles. The van der Waals surface area contributed by atoms with Crippen molar-refractivity contribution >= 4 is 26.6 Å². The zero-order valence-electron chi connectivity index (χ0n) is 17.3. The number of sulfonamides is 1. The molecule has 0 saturated carbocycles. The van der Waals surface area contributed by atoms with E-state index in [0.29, 0.717) is 17.6 Å². The van der Waals surface area contributed by atoms with Crippen molar-refractivity contribution < 1.29 is 28.8 Å². The van der Waals surface area contributed by atoms with Gasteiger partial charge in [-0.15, -0.1) is 0 Å². The van der Waals surface area contributed by atoms with Crippen molar-refractivity contribution in [1.29, 1.82) is 0 Å². The number of benzene rings is 3. The third kappa shape index (κ3) is 4.31. The zero-order valence-corrected chi connectivity index (χ0v) is 18.1. The third-order valence-electron chi connectivity index (χ3n) is 4.55. The van der Waals surface area contributed by atoms with E-state index in [2.05, 4.69) is 10.2 Å². The number of aryl methyl sites for hydroxylation is 1. The van der Waals surface area contributed by atoms with Crippen LogP contribution in [0.25, 0.3) is 22.0 Å². The zero-order chi connectivity index (χ0) is 23.6. The highest BCUT2D eigenvalue weighted by Crippen LogP contribution is 2.33. The Balaban J connectivity index is 0.00000141. The molecule has 0 aliphatic carbocycles. The standard InChI is InChI=1S/C20H13F4N3O2S.C2H6.2H2/c1-10-13-4-2-11(8-17(13)26-25-10)19-15(23)6-7-16(20(19)24)27-30(28,29)18-9-12(21)3-5-14(18)22;1-2;;/h2-9,27H,1H3,(H,25,26);1-2H3;2*1H. The molecule has 172 valence electrons. The maximum absolute atomic E-state index is 15.1. The minimum Gasteiger partial charge on any atom is -0.282 e. The Labute approximate surface area is 185 Å². The summed E-state index contributed by atoms with van der Waals surface area (Å²) in [7, 11) is -4.68. The third-order valence-corrected chi connectivity index (χ3v) is 5.93. The van der Waals surface area contributed by atoms with E-state index in [9.17, 15) is 21.6 Å². The van der Waals surface area contributed by atoms with Crippen LogP contribution in [-0.4, -0.2) is 18.6 Å². The van der Waals surface area contributed by atoms with E-state index in [1.807, 2.05) is 18.6 Å². The summed E-state index contributed by atoms with van der Waals surface area (Å²) in [5.74, 6) is -4.34. The first kappa shape index (κ1) is 23.3. The summed E-state index contributed by atoms with van der Waals surface area (Å²) in [6, 6.07) is 8.13. The molecule has 0 aliphatic rings. The Morgan fingerprint density at radius 1 is 0.938 bits per heavy atom. The molecule has 4 rings (SSSR count). The molecule has 1 aromatic heterocycles. The summed E-state index contributed by atoms with van der Waals surface area (Å²) in [4.78, 5) is -0.999. The highest BCUT2D eigenvalue weighted by atomic mass is 32.2. The molecule has 2 N–H and O–H groups in total. The largest absolute Gasteiger partial charge is 0.282 e. The van der Waals surface area contributed by atoms with Crippen molar-refractivity contribution in [3.05, 3.63) is 77.5 Å². The van der Waals surface area contributed by atoms with Crippen LogP contribution in [0, 0.1) is 30.2 Å². The molecule has 0 atom stereocenters. The summed E-state index contributed by atoms with van der Waals surface area (Å²) in [5.41, 5.74) is 0.264. The molecule has 0 fully saturated rings. The molecule has 32 heavy (non-hydrogen) atoms. The van der Waals surface area contributed by atoms with Crippen LogP contribution in [0.1, 0.15) is 22.4 Å². The van der Waals surface area contributed by atoms with Crippen LogP contribution in [0.15, 0.2) is 53.4 Å². The number of aromatic nitrogens is 2. The van der Waals surface area contributed by atoms with Gasteiger partial charge in [0.1, 0.15) is 22.3 Å². The second kappa shape index (κ2) is 8.99. The molecule has 0 bridgehead atoms. The van der Waals surface area contributed by atoms with Crippen LogP contribution in [0.3, 0.4) is 0 Å². The summed E-state index contributed by atoms with van der Waals surface area (Å²) in [6.45, 7) is 5.79. The van der Waals surface area contributed by atoms with Gasteiger partial charge in [0, 0.05) is 13.9 Å². The monoisotopic (exact) mass is 469 g/mol. The highest BCUT2D eigenvalue weighted by Gasteiger charge is 2.24. The van der Waals surface area contributed by atoms with Gasteiger partial charge in [-0.2, -0.15) is 5.10 Å². The average Bonchev–Trinajstić information content (AvgIpc) is 3.13. The Morgan fingerprint density at radius 2 is 1.62 bits per heavy atom. The van der Waals surface area contributed by atoms with E-state index in [4.69, 9.17) is 0 Å². The van der Waals surface area contributed by atoms with Crippen LogP contribution in [-0.2, 0) is 10.0 Å². The van der Waals surface area contributed by atoms with Crippen molar-refractivity contribution in [1.82, 2.24) is 10.2 Å². The van der Waals surface area contributed by atoms with Gasteiger partial charge < -0.3 is 0 Å². The number of hydrogen-bond acceptors (Lipinski definition) is 3. The molecule has 0 radical (unpaired) electrons. The normalized spacial score (nSPS) is 11.2. The molecular weight excluding hydrogens is 446 g/mol. The number of rotatable bonds is 4. The van der Waals surface area contributed by atoms with Gasteiger partial charge in [-0.05, 0) is 48.9 Å². The van der Waals surface area contributed by atoms with Gasteiger partial charge in [0.05, 0.1) is 16.8 Å². The van der Waals surface area contributed by atoms with Gasteiger partial charge in [0.15, 0.2) is 5.82 Å². The maximum Gasteiger partial charge on any atom is 0.265 e. The second-order valence-electron chi connectivity index (χ2n) is 6.54. The average molecular weight is 470 g/mol. The molecule has 4 aromatic rings. The number of anilines is 1. The van der Waals surface area contributed by atoms with Crippen LogP contribution in [0.2, 0.25) is 0 Å².